The molecule has 0 bridgehead atoms. The normalized spacial score (nSPS) is 10.2. The van der Waals surface area contributed by atoms with Gasteiger partial charge in [-0.25, -0.2) is 4.39 Å². The summed E-state index contributed by atoms with van der Waals surface area (Å²) in [5.74, 6) is -0.370. The molecule has 0 atom stereocenters. The maximum Gasteiger partial charge on any atom is 0.171 e. The molecule has 0 aromatic heterocycles. The van der Waals surface area contributed by atoms with E-state index in [1.54, 1.807) is 24.3 Å². The van der Waals surface area contributed by atoms with E-state index >= 15 is 0 Å². The molecular formula is C14H11Cl2FN2S. The molecule has 0 saturated carbocycles. The van der Waals surface area contributed by atoms with Crippen molar-refractivity contribution in [2.75, 3.05) is 5.32 Å². The minimum absolute atomic E-state index is 0.263. The van der Waals surface area contributed by atoms with Gasteiger partial charge in [-0.3, -0.25) is 0 Å². The zero-order chi connectivity index (χ0) is 14.5. The molecule has 0 unspecified atom stereocenters. The van der Waals surface area contributed by atoms with Crippen molar-refractivity contribution in [1.29, 1.82) is 0 Å². The van der Waals surface area contributed by atoms with E-state index in [1.165, 1.54) is 6.07 Å². The van der Waals surface area contributed by atoms with Gasteiger partial charge < -0.3 is 10.6 Å². The van der Waals surface area contributed by atoms with Crippen LogP contribution in [0.4, 0.5) is 10.1 Å². The number of nitrogens with one attached hydrogen (secondary N) is 2. The van der Waals surface area contributed by atoms with Gasteiger partial charge in [-0.1, -0.05) is 41.4 Å². The molecule has 0 aliphatic carbocycles. The molecule has 2 aromatic carbocycles. The molecule has 2 N–H and O–H groups in total. The van der Waals surface area contributed by atoms with Crippen LogP contribution in [-0.4, -0.2) is 5.11 Å². The zero-order valence-corrected chi connectivity index (χ0v) is 12.6. The minimum Gasteiger partial charge on any atom is -0.358 e. The summed E-state index contributed by atoms with van der Waals surface area (Å²) >= 11 is 16.8. The molecule has 0 heterocycles. The Kier molecular flexibility index (Phi) is 5.17. The molecule has 0 saturated heterocycles. The Bertz CT molecular complexity index is 634. The fourth-order valence-corrected chi connectivity index (χ4v) is 2.09. The van der Waals surface area contributed by atoms with Gasteiger partial charge in [0.05, 0.1) is 10.7 Å². The predicted molar refractivity (Wildman–Crippen MR) is 85.9 cm³/mol. The smallest absolute Gasteiger partial charge is 0.171 e. The van der Waals surface area contributed by atoms with Crippen LogP contribution in [0, 0.1) is 5.82 Å². The van der Waals surface area contributed by atoms with Crippen LogP contribution in [0.15, 0.2) is 42.5 Å². The van der Waals surface area contributed by atoms with Gasteiger partial charge in [-0.15, -0.1) is 0 Å². The van der Waals surface area contributed by atoms with E-state index in [9.17, 15) is 4.39 Å². The summed E-state index contributed by atoms with van der Waals surface area (Å²) in [4.78, 5) is 0. The lowest BCUT2D eigenvalue weighted by atomic mass is 10.2. The largest absolute Gasteiger partial charge is 0.358 e. The summed E-state index contributed by atoms with van der Waals surface area (Å²) < 4.78 is 13.6. The molecule has 0 amide bonds. The molecule has 20 heavy (non-hydrogen) atoms. The SMILES string of the molecule is Fc1cc(Cl)ccc1CNC(=S)Nc1ccccc1Cl. The second-order valence-corrected chi connectivity index (χ2v) is 5.28. The molecule has 0 aliphatic heterocycles. The molecule has 0 aliphatic rings. The van der Waals surface area contributed by atoms with Crippen molar-refractivity contribution in [3.05, 3.63) is 63.9 Å². The van der Waals surface area contributed by atoms with Crippen molar-refractivity contribution in [3.63, 3.8) is 0 Å². The lowest BCUT2D eigenvalue weighted by Gasteiger charge is -2.12. The van der Waals surface area contributed by atoms with Gasteiger partial charge in [0.25, 0.3) is 0 Å². The second kappa shape index (κ2) is 6.88. The number of halogens is 3. The number of benzene rings is 2. The van der Waals surface area contributed by atoms with Crippen LogP contribution in [0.25, 0.3) is 0 Å². The Hall–Kier alpha value is -1.36. The maximum absolute atomic E-state index is 13.6. The Morgan fingerprint density at radius 2 is 1.90 bits per heavy atom. The van der Waals surface area contributed by atoms with Crippen LogP contribution >= 0.6 is 35.4 Å². The quantitative estimate of drug-likeness (QED) is 0.804. The van der Waals surface area contributed by atoms with E-state index in [0.29, 0.717) is 26.4 Å². The number of hydrogen-bond donors (Lipinski definition) is 2. The van der Waals surface area contributed by atoms with Gasteiger partial charge in [-0.05, 0) is 36.5 Å². The maximum atomic E-state index is 13.6. The lowest BCUT2D eigenvalue weighted by molar-refractivity contribution is 0.606. The van der Waals surface area contributed by atoms with Gasteiger partial charge >= 0.3 is 0 Å². The molecule has 0 fully saturated rings. The van der Waals surface area contributed by atoms with Crippen LogP contribution in [0.5, 0.6) is 0 Å². The third kappa shape index (κ3) is 4.07. The van der Waals surface area contributed by atoms with Crippen LogP contribution in [-0.2, 0) is 6.54 Å². The Morgan fingerprint density at radius 1 is 1.15 bits per heavy atom. The first-order chi connectivity index (χ1) is 9.56. The average molecular weight is 329 g/mol. The summed E-state index contributed by atoms with van der Waals surface area (Å²) in [6.45, 7) is 0.263. The van der Waals surface area contributed by atoms with E-state index in [0.717, 1.165) is 0 Å². The zero-order valence-electron chi connectivity index (χ0n) is 10.3. The first kappa shape index (κ1) is 15.0. The number of thiocarbonyl (C=S) groups is 1. The molecular weight excluding hydrogens is 318 g/mol. The first-order valence-corrected chi connectivity index (χ1v) is 6.96. The summed E-state index contributed by atoms with van der Waals surface area (Å²) in [6, 6.07) is 11.7. The standard InChI is InChI=1S/C14H11Cl2FN2S/c15-10-6-5-9(12(17)7-10)8-18-14(20)19-13-4-2-1-3-11(13)16/h1-7H,8H2,(H2,18,19,20). The number of para-hydroxylation sites is 1. The van der Waals surface area contributed by atoms with Crippen molar-refractivity contribution in [1.82, 2.24) is 5.32 Å². The van der Waals surface area contributed by atoms with Gasteiger partial charge in [0, 0.05) is 17.1 Å². The van der Waals surface area contributed by atoms with Crippen molar-refractivity contribution in [2.45, 2.75) is 6.54 Å². The highest BCUT2D eigenvalue weighted by molar-refractivity contribution is 7.80. The summed E-state index contributed by atoms with van der Waals surface area (Å²) in [7, 11) is 0. The fraction of sp³-hybridized carbons (Fsp3) is 0.0714. The molecule has 0 radical (unpaired) electrons. The minimum atomic E-state index is -0.370. The number of rotatable bonds is 3. The van der Waals surface area contributed by atoms with E-state index < -0.39 is 0 Å². The van der Waals surface area contributed by atoms with Gasteiger partial charge in [0.15, 0.2) is 5.11 Å². The fourth-order valence-electron chi connectivity index (χ4n) is 1.57. The number of hydrogen-bond acceptors (Lipinski definition) is 1. The molecule has 0 spiro atoms. The highest BCUT2D eigenvalue weighted by atomic mass is 35.5. The summed E-state index contributed by atoms with van der Waals surface area (Å²) in [5, 5.41) is 7.16. The van der Waals surface area contributed by atoms with Gasteiger partial charge in [-0.2, -0.15) is 0 Å². The van der Waals surface area contributed by atoms with Crippen molar-refractivity contribution in [3.8, 4) is 0 Å². The van der Waals surface area contributed by atoms with Crippen molar-refractivity contribution >= 4 is 46.2 Å². The Balaban J connectivity index is 1.94. The van der Waals surface area contributed by atoms with Crippen LogP contribution < -0.4 is 10.6 Å². The van der Waals surface area contributed by atoms with E-state index in [1.807, 2.05) is 12.1 Å². The van der Waals surface area contributed by atoms with Crippen LogP contribution in [0.1, 0.15) is 5.56 Å². The molecule has 2 rings (SSSR count). The Morgan fingerprint density at radius 3 is 2.60 bits per heavy atom. The van der Waals surface area contributed by atoms with Gasteiger partial charge in [0.2, 0.25) is 0 Å². The van der Waals surface area contributed by atoms with Crippen LogP contribution in [0.2, 0.25) is 10.0 Å². The monoisotopic (exact) mass is 328 g/mol. The number of anilines is 1. The van der Waals surface area contributed by atoms with Crippen LogP contribution in [0.3, 0.4) is 0 Å². The summed E-state index contributed by atoms with van der Waals surface area (Å²) in [5.41, 5.74) is 1.18. The summed E-state index contributed by atoms with van der Waals surface area (Å²) in [6.07, 6.45) is 0. The molecule has 2 nitrogen and oxygen atoms in total. The highest BCUT2D eigenvalue weighted by Crippen LogP contribution is 2.20. The average Bonchev–Trinajstić information content (AvgIpc) is 2.40. The van der Waals surface area contributed by atoms with E-state index in [4.69, 9.17) is 35.4 Å². The van der Waals surface area contributed by atoms with Crippen molar-refractivity contribution < 1.29 is 4.39 Å². The third-order valence-electron chi connectivity index (χ3n) is 2.58. The molecule has 6 heteroatoms. The van der Waals surface area contributed by atoms with E-state index in [2.05, 4.69) is 10.6 Å². The highest BCUT2D eigenvalue weighted by Gasteiger charge is 2.05. The lowest BCUT2D eigenvalue weighted by Crippen LogP contribution is -2.28. The van der Waals surface area contributed by atoms with E-state index in [-0.39, 0.29) is 12.4 Å². The predicted octanol–water partition coefficient (Wildman–Crippen LogP) is 4.62. The molecule has 2 aromatic rings. The Labute approximate surface area is 131 Å². The second-order valence-electron chi connectivity index (χ2n) is 4.02. The molecule has 104 valence electrons. The third-order valence-corrected chi connectivity index (χ3v) is 3.39. The first-order valence-electron chi connectivity index (χ1n) is 5.79. The van der Waals surface area contributed by atoms with Gasteiger partial charge in [0.1, 0.15) is 5.82 Å². The van der Waals surface area contributed by atoms with Crippen molar-refractivity contribution in [2.24, 2.45) is 0 Å². The topological polar surface area (TPSA) is 24.1 Å².